The van der Waals surface area contributed by atoms with Crippen LogP contribution in [0.2, 0.25) is 10.0 Å². The molecule has 1 fully saturated rings. The molecule has 1 heterocycles. The first kappa shape index (κ1) is 18.6. The summed E-state index contributed by atoms with van der Waals surface area (Å²) in [4.78, 5) is 16.8. The first-order valence-electron chi connectivity index (χ1n) is 8.13. The highest BCUT2D eigenvalue weighted by molar-refractivity contribution is 7.99. The predicted octanol–water partition coefficient (Wildman–Crippen LogP) is 4.70. The fraction of sp³-hybridized carbons (Fsp3) is 0.316. The maximum Gasteiger partial charge on any atom is 0.237 e. The Morgan fingerprint density at radius 2 is 2.04 bits per heavy atom. The van der Waals surface area contributed by atoms with Crippen molar-refractivity contribution in [3.63, 3.8) is 0 Å². The summed E-state index contributed by atoms with van der Waals surface area (Å²) in [5, 5.41) is 1.43. The van der Waals surface area contributed by atoms with E-state index in [1.807, 2.05) is 65.4 Å². The molecule has 0 unspecified atom stereocenters. The lowest BCUT2D eigenvalue weighted by Crippen LogP contribution is -2.38. The fourth-order valence-corrected chi connectivity index (χ4v) is 4.81. The van der Waals surface area contributed by atoms with Gasteiger partial charge in [0.05, 0.1) is 6.54 Å². The van der Waals surface area contributed by atoms with E-state index >= 15 is 0 Å². The summed E-state index contributed by atoms with van der Waals surface area (Å²) in [6.07, 6.45) is 0. The average molecular weight is 395 g/mol. The number of rotatable bonds is 5. The fourth-order valence-electron chi connectivity index (χ4n) is 2.98. The lowest BCUT2D eigenvalue weighted by Gasteiger charge is -2.27. The van der Waals surface area contributed by atoms with Gasteiger partial charge in [0, 0.05) is 34.5 Å². The number of carbonyl (C=O) groups excluding carboxylic acids is 1. The van der Waals surface area contributed by atoms with Crippen molar-refractivity contribution in [3.8, 4) is 0 Å². The Balaban J connectivity index is 1.65. The van der Waals surface area contributed by atoms with Gasteiger partial charge in [0.25, 0.3) is 0 Å². The number of nitrogens with zero attached hydrogens (tertiary/aromatic N) is 2. The number of carbonyl (C=O) groups is 1. The van der Waals surface area contributed by atoms with E-state index in [1.165, 1.54) is 0 Å². The van der Waals surface area contributed by atoms with Crippen molar-refractivity contribution in [1.29, 1.82) is 0 Å². The second-order valence-electron chi connectivity index (χ2n) is 6.13. The van der Waals surface area contributed by atoms with Gasteiger partial charge in [-0.1, -0.05) is 53.5 Å². The highest BCUT2D eigenvalue weighted by Gasteiger charge is 2.32. The van der Waals surface area contributed by atoms with Crippen LogP contribution in [0.3, 0.4) is 0 Å². The van der Waals surface area contributed by atoms with E-state index in [1.54, 1.807) is 11.8 Å². The minimum absolute atomic E-state index is 0.000713. The number of benzene rings is 2. The molecule has 2 aromatic rings. The molecule has 3 rings (SSSR count). The van der Waals surface area contributed by atoms with E-state index in [0.29, 0.717) is 23.1 Å². The third-order valence-corrected chi connectivity index (χ3v) is 5.95. The van der Waals surface area contributed by atoms with Crippen molar-refractivity contribution in [2.45, 2.75) is 11.9 Å². The quantitative estimate of drug-likeness (QED) is 0.733. The van der Waals surface area contributed by atoms with Gasteiger partial charge in [-0.05, 0) is 30.8 Å². The molecule has 0 N–H and O–H groups in total. The van der Waals surface area contributed by atoms with Crippen LogP contribution >= 0.6 is 35.0 Å². The predicted molar refractivity (Wildman–Crippen MR) is 106 cm³/mol. The Morgan fingerprint density at radius 3 is 2.80 bits per heavy atom. The minimum Gasteiger partial charge on any atom is -0.325 e. The minimum atomic E-state index is 0.000713. The highest BCUT2D eigenvalue weighted by atomic mass is 35.5. The van der Waals surface area contributed by atoms with Crippen molar-refractivity contribution in [2.24, 2.45) is 0 Å². The number of likely N-dealkylation sites (N-methyl/N-ethyl adjacent to an activating group) is 1. The van der Waals surface area contributed by atoms with E-state index in [2.05, 4.69) is 0 Å². The third kappa shape index (κ3) is 4.70. The van der Waals surface area contributed by atoms with Gasteiger partial charge in [0.1, 0.15) is 5.37 Å². The van der Waals surface area contributed by atoms with E-state index in [4.69, 9.17) is 23.2 Å². The number of amides is 1. The smallest absolute Gasteiger partial charge is 0.237 e. The molecule has 0 aromatic heterocycles. The number of hydrogen-bond donors (Lipinski definition) is 0. The Hall–Kier alpha value is -1.20. The molecule has 0 saturated carbocycles. The molecule has 25 heavy (non-hydrogen) atoms. The van der Waals surface area contributed by atoms with Gasteiger partial charge in [-0.3, -0.25) is 9.69 Å². The third-order valence-electron chi connectivity index (χ3n) is 4.13. The van der Waals surface area contributed by atoms with Gasteiger partial charge < -0.3 is 4.90 Å². The van der Waals surface area contributed by atoms with Crippen LogP contribution in [-0.2, 0) is 11.3 Å². The van der Waals surface area contributed by atoms with E-state index < -0.39 is 0 Å². The van der Waals surface area contributed by atoms with Crippen LogP contribution in [-0.4, -0.2) is 41.6 Å². The lowest BCUT2D eigenvalue weighted by atomic mass is 10.2. The summed E-state index contributed by atoms with van der Waals surface area (Å²) in [5.74, 6) is 1.05. The van der Waals surface area contributed by atoms with Crippen molar-refractivity contribution < 1.29 is 4.79 Å². The van der Waals surface area contributed by atoms with Crippen LogP contribution in [0.4, 0.5) is 0 Å². The first-order valence-corrected chi connectivity index (χ1v) is 9.93. The zero-order chi connectivity index (χ0) is 17.8. The van der Waals surface area contributed by atoms with Crippen LogP contribution in [0.15, 0.2) is 48.5 Å². The Morgan fingerprint density at radius 1 is 1.24 bits per heavy atom. The summed E-state index contributed by atoms with van der Waals surface area (Å²) in [5.41, 5.74) is 2.11. The molecular weight excluding hydrogens is 375 g/mol. The van der Waals surface area contributed by atoms with Crippen LogP contribution in [0.1, 0.15) is 16.5 Å². The van der Waals surface area contributed by atoms with Crippen LogP contribution in [0.5, 0.6) is 0 Å². The van der Waals surface area contributed by atoms with E-state index in [-0.39, 0.29) is 11.3 Å². The molecule has 1 saturated heterocycles. The summed E-state index contributed by atoms with van der Waals surface area (Å²) in [6.45, 7) is 1.81. The molecule has 3 nitrogen and oxygen atoms in total. The summed E-state index contributed by atoms with van der Waals surface area (Å²) in [6, 6.07) is 15.5. The number of thioether (sulfide) groups is 1. The van der Waals surface area contributed by atoms with Crippen molar-refractivity contribution >= 4 is 40.9 Å². The molecule has 2 aromatic carbocycles. The summed E-state index contributed by atoms with van der Waals surface area (Å²) >= 11 is 14.1. The Bertz CT molecular complexity index is 756. The molecule has 0 bridgehead atoms. The zero-order valence-electron chi connectivity index (χ0n) is 14.0. The maximum absolute atomic E-state index is 12.8. The average Bonchev–Trinajstić information content (AvgIpc) is 3.04. The van der Waals surface area contributed by atoms with Gasteiger partial charge in [0.15, 0.2) is 0 Å². The SMILES string of the molecule is CN(CC(=O)N1CCS[C@H]1c1ccccc1Cl)Cc1cccc(Cl)c1. The molecule has 0 aliphatic carbocycles. The molecule has 132 valence electrons. The Kier molecular flexibility index (Phi) is 6.29. The standard InChI is InChI=1S/C19H20Cl2N2OS/c1-22(12-14-5-4-6-15(20)11-14)13-18(24)23-9-10-25-19(23)16-7-2-3-8-17(16)21/h2-8,11,19H,9-10,12-13H2,1H3/t19-/m0/s1. The lowest BCUT2D eigenvalue weighted by molar-refractivity contribution is -0.132. The van der Waals surface area contributed by atoms with Gasteiger partial charge in [-0.15, -0.1) is 11.8 Å². The molecule has 0 radical (unpaired) electrons. The zero-order valence-corrected chi connectivity index (χ0v) is 16.3. The Labute approximate surface area is 162 Å². The maximum atomic E-state index is 12.8. The molecule has 1 atom stereocenters. The molecule has 6 heteroatoms. The van der Waals surface area contributed by atoms with Gasteiger partial charge in [-0.2, -0.15) is 0 Å². The largest absolute Gasteiger partial charge is 0.325 e. The van der Waals surface area contributed by atoms with Crippen LogP contribution in [0, 0.1) is 0 Å². The molecule has 1 aliphatic heterocycles. The van der Waals surface area contributed by atoms with Crippen molar-refractivity contribution in [2.75, 3.05) is 25.9 Å². The van der Waals surface area contributed by atoms with E-state index in [0.717, 1.165) is 23.4 Å². The number of halogens is 2. The second-order valence-corrected chi connectivity index (χ2v) is 8.17. The monoisotopic (exact) mass is 394 g/mol. The normalized spacial score (nSPS) is 17.3. The van der Waals surface area contributed by atoms with Gasteiger partial charge in [0.2, 0.25) is 5.91 Å². The van der Waals surface area contributed by atoms with Crippen LogP contribution in [0.25, 0.3) is 0 Å². The highest BCUT2D eigenvalue weighted by Crippen LogP contribution is 2.40. The van der Waals surface area contributed by atoms with Crippen LogP contribution < -0.4 is 0 Å². The molecule has 1 aliphatic rings. The summed E-state index contributed by atoms with van der Waals surface area (Å²) < 4.78 is 0. The van der Waals surface area contributed by atoms with Crippen molar-refractivity contribution in [3.05, 3.63) is 69.7 Å². The molecule has 0 spiro atoms. The van der Waals surface area contributed by atoms with Gasteiger partial charge >= 0.3 is 0 Å². The first-order chi connectivity index (χ1) is 12.0. The topological polar surface area (TPSA) is 23.6 Å². The molecule has 1 amide bonds. The van der Waals surface area contributed by atoms with Crippen molar-refractivity contribution in [1.82, 2.24) is 9.80 Å². The molecular formula is C19H20Cl2N2OS. The number of hydrogen-bond acceptors (Lipinski definition) is 3. The second kappa shape index (κ2) is 8.45. The van der Waals surface area contributed by atoms with Gasteiger partial charge in [-0.25, -0.2) is 0 Å². The van der Waals surface area contributed by atoms with E-state index in [9.17, 15) is 4.79 Å². The summed E-state index contributed by atoms with van der Waals surface area (Å²) in [7, 11) is 1.95.